The molecule has 0 aliphatic heterocycles. The van der Waals surface area contributed by atoms with Gasteiger partial charge in [0.2, 0.25) is 0 Å². The highest BCUT2D eigenvalue weighted by atomic mass is 35.5. The fraction of sp³-hybridized carbons (Fsp3) is 0.154. The van der Waals surface area contributed by atoms with E-state index in [0.29, 0.717) is 0 Å². The average molecular weight is 218 g/mol. The van der Waals surface area contributed by atoms with E-state index in [0.717, 1.165) is 22.7 Å². The fourth-order valence-corrected chi connectivity index (χ4v) is 1.77. The average Bonchev–Trinajstić information content (AvgIpc) is 2.24. The summed E-state index contributed by atoms with van der Waals surface area (Å²) in [4.78, 5) is 4.34. The number of aryl methyl sites for hydroxylation is 1. The summed E-state index contributed by atoms with van der Waals surface area (Å²) in [6.07, 6.45) is 2.64. The van der Waals surface area contributed by atoms with E-state index in [-0.39, 0.29) is 0 Å². The van der Waals surface area contributed by atoms with E-state index in [1.54, 1.807) is 0 Å². The van der Waals surface area contributed by atoms with Crippen LogP contribution in [0.5, 0.6) is 0 Å². The van der Waals surface area contributed by atoms with Crippen LogP contribution < -0.4 is 0 Å². The third kappa shape index (κ3) is 2.57. The van der Waals surface area contributed by atoms with Crippen LogP contribution in [0.2, 0.25) is 5.02 Å². The third-order valence-electron chi connectivity index (χ3n) is 2.27. The van der Waals surface area contributed by atoms with Crippen molar-refractivity contribution in [3.8, 4) is 0 Å². The lowest BCUT2D eigenvalue weighted by Gasteiger charge is -2.04. The van der Waals surface area contributed by atoms with Crippen molar-refractivity contribution in [3.63, 3.8) is 0 Å². The lowest BCUT2D eigenvalue weighted by atomic mass is 10.1. The van der Waals surface area contributed by atoms with Crippen molar-refractivity contribution in [3.05, 3.63) is 64.4 Å². The van der Waals surface area contributed by atoms with Crippen molar-refractivity contribution in [1.29, 1.82) is 0 Å². The molecule has 0 N–H and O–H groups in total. The Morgan fingerprint density at radius 3 is 2.60 bits per heavy atom. The molecular weight excluding hydrogens is 206 g/mol. The Balaban J connectivity index is 2.25. The van der Waals surface area contributed by atoms with Gasteiger partial charge in [-0.2, -0.15) is 0 Å². The molecule has 2 rings (SSSR count). The molecule has 0 fully saturated rings. The zero-order valence-electron chi connectivity index (χ0n) is 8.57. The molecule has 0 amide bonds. The number of benzene rings is 1. The summed E-state index contributed by atoms with van der Waals surface area (Å²) < 4.78 is 0. The summed E-state index contributed by atoms with van der Waals surface area (Å²) >= 11 is 6.12. The van der Waals surface area contributed by atoms with Crippen LogP contribution in [-0.4, -0.2) is 4.98 Å². The van der Waals surface area contributed by atoms with Crippen molar-refractivity contribution in [1.82, 2.24) is 4.98 Å². The zero-order chi connectivity index (χ0) is 10.7. The Morgan fingerprint density at radius 2 is 1.93 bits per heavy atom. The molecule has 76 valence electrons. The van der Waals surface area contributed by atoms with Gasteiger partial charge in [-0.15, -0.1) is 0 Å². The number of halogens is 1. The van der Waals surface area contributed by atoms with Gasteiger partial charge >= 0.3 is 0 Å². The second kappa shape index (κ2) is 4.45. The maximum atomic E-state index is 6.12. The standard InChI is InChI=1S/C13H12ClN/c1-10-7-12(14)13(15-9-10)8-11-5-3-2-4-6-11/h2-7,9H,8H2,1H3. The van der Waals surface area contributed by atoms with Gasteiger partial charge in [0.25, 0.3) is 0 Å². The molecule has 0 aliphatic rings. The van der Waals surface area contributed by atoms with Crippen LogP contribution in [0.25, 0.3) is 0 Å². The Morgan fingerprint density at radius 1 is 1.20 bits per heavy atom. The predicted octanol–water partition coefficient (Wildman–Crippen LogP) is 3.63. The van der Waals surface area contributed by atoms with Gasteiger partial charge in [-0.1, -0.05) is 41.9 Å². The van der Waals surface area contributed by atoms with Crippen LogP contribution in [0.4, 0.5) is 0 Å². The van der Waals surface area contributed by atoms with Crippen LogP contribution in [-0.2, 0) is 6.42 Å². The Bertz CT molecular complexity index is 451. The first-order chi connectivity index (χ1) is 7.25. The molecule has 0 unspecified atom stereocenters. The molecule has 0 radical (unpaired) electrons. The van der Waals surface area contributed by atoms with Crippen molar-refractivity contribution in [2.24, 2.45) is 0 Å². The van der Waals surface area contributed by atoms with Crippen LogP contribution >= 0.6 is 11.6 Å². The summed E-state index contributed by atoms with van der Waals surface area (Å²) in [5.74, 6) is 0. The van der Waals surface area contributed by atoms with Crippen molar-refractivity contribution < 1.29 is 0 Å². The Hall–Kier alpha value is -1.34. The molecule has 0 saturated carbocycles. The van der Waals surface area contributed by atoms with Crippen LogP contribution in [0, 0.1) is 6.92 Å². The normalized spacial score (nSPS) is 10.3. The molecule has 0 atom stereocenters. The molecule has 1 nitrogen and oxygen atoms in total. The lowest BCUT2D eigenvalue weighted by Crippen LogP contribution is -1.93. The molecular formula is C13H12ClN. The van der Waals surface area contributed by atoms with Gasteiger partial charge in [0.15, 0.2) is 0 Å². The third-order valence-corrected chi connectivity index (χ3v) is 2.60. The molecule has 0 spiro atoms. The number of aromatic nitrogens is 1. The van der Waals surface area contributed by atoms with Gasteiger partial charge in [0.1, 0.15) is 0 Å². The number of hydrogen-bond acceptors (Lipinski definition) is 1. The first kappa shape index (κ1) is 10.2. The molecule has 15 heavy (non-hydrogen) atoms. The first-order valence-electron chi connectivity index (χ1n) is 4.90. The Kier molecular flexibility index (Phi) is 3.02. The molecule has 1 aromatic heterocycles. The summed E-state index contributed by atoms with van der Waals surface area (Å²) in [5.41, 5.74) is 3.26. The number of nitrogens with zero attached hydrogens (tertiary/aromatic N) is 1. The second-order valence-corrected chi connectivity index (χ2v) is 4.01. The smallest absolute Gasteiger partial charge is 0.0633 e. The van der Waals surface area contributed by atoms with E-state index in [1.165, 1.54) is 5.56 Å². The quantitative estimate of drug-likeness (QED) is 0.749. The van der Waals surface area contributed by atoms with Gasteiger partial charge in [0, 0.05) is 12.6 Å². The van der Waals surface area contributed by atoms with E-state index >= 15 is 0 Å². The first-order valence-corrected chi connectivity index (χ1v) is 5.28. The summed E-state index contributed by atoms with van der Waals surface area (Å²) in [6, 6.07) is 12.2. The van der Waals surface area contributed by atoms with E-state index in [9.17, 15) is 0 Å². The van der Waals surface area contributed by atoms with E-state index in [4.69, 9.17) is 11.6 Å². The van der Waals surface area contributed by atoms with Gasteiger partial charge in [-0.3, -0.25) is 4.98 Å². The number of pyridine rings is 1. The van der Waals surface area contributed by atoms with Gasteiger partial charge < -0.3 is 0 Å². The Labute approximate surface area is 94.7 Å². The molecule has 2 aromatic rings. The zero-order valence-corrected chi connectivity index (χ0v) is 9.33. The van der Waals surface area contributed by atoms with Gasteiger partial charge in [-0.25, -0.2) is 0 Å². The second-order valence-electron chi connectivity index (χ2n) is 3.60. The highest BCUT2D eigenvalue weighted by molar-refractivity contribution is 6.31. The molecule has 1 heterocycles. The minimum absolute atomic E-state index is 0.749. The van der Waals surface area contributed by atoms with Crippen molar-refractivity contribution in [2.75, 3.05) is 0 Å². The number of rotatable bonds is 2. The summed E-state index contributed by atoms with van der Waals surface area (Å²) in [7, 11) is 0. The van der Waals surface area contributed by atoms with Crippen LogP contribution in [0.3, 0.4) is 0 Å². The van der Waals surface area contributed by atoms with Crippen LogP contribution in [0.15, 0.2) is 42.6 Å². The van der Waals surface area contributed by atoms with Gasteiger partial charge in [-0.05, 0) is 24.1 Å². The maximum absolute atomic E-state index is 6.12. The largest absolute Gasteiger partial charge is 0.259 e. The van der Waals surface area contributed by atoms with Crippen LogP contribution in [0.1, 0.15) is 16.8 Å². The maximum Gasteiger partial charge on any atom is 0.0633 e. The lowest BCUT2D eigenvalue weighted by molar-refractivity contribution is 1.06. The number of hydrogen-bond donors (Lipinski definition) is 0. The topological polar surface area (TPSA) is 12.9 Å². The minimum Gasteiger partial charge on any atom is -0.259 e. The minimum atomic E-state index is 0.749. The molecule has 0 bridgehead atoms. The van der Waals surface area contributed by atoms with E-state index in [1.807, 2.05) is 37.4 Å². The molecule has 0 saturated heterocycles. The SMILES string of the molecule is Cc1cnc(Cc2ccccc2)c(Cl)c1. The predicted molar refractivity (Wildman–Crippen MR) is 63.2 cm³/mol. The van der Waals surface area contributed by atoms with E-state index in [2.05, 4.69) is 17.1 Å². The molecule has 2 heteroatoms. The molecule has 1 aromatic carbocycles. The highest BCUT2D eigenvalue weighted by Gasteiger charge is 2.02. The molecule has 0 aliphatic carbocycles. The highest BCUT2D eigenvalue weighted by Crippen LogP contribution is 2.18. The summed E-state index contributed by atoms with van der Waals surface area (Å²) in [6.45, 7) is 1.99. The summed E-state index contributed by atoms with van der Waals surface area (Å²) in [5, 5.41) is 0.749. The monoisotopic (exact) mass is 217 g/mol. The van der Waals surface area contributed by atoms with Crippen molar-refractivity contribution in [2.45, 2.75) is 13.3 Å². The fourth-order valence-electron chi connectivity index (χ4n) is 1.48. The van der Waals surface area contributed by atoms with Gasteiger partial charge in [0.05, 0.1) is 10.7 Å². The van der Waals surface area contributed by atoms with Crippen molar-refractivity contribution >= 4 is 11.6 Å². The van der Waals surface area contributed by atoms with E-state index < -0.39 is 0 Å².